The number of rotatable bonds is 6. The van der Waals surface area contributed by atoms with E-state index in [-0.39, 0.29) is 10.8 Å². The molecule has 362 valence electrons. The van der Waals surface area contributed by atoms with Gasteiger partial charge in [0.15, 0.2) is 0 Å². The molecule has 2 radical (unpaired) electrons. The first-order valence-corrected chi connectivity index (χ1v) is 32.5. The average molecular weight is 1070 g/mol. The molecular formula is C68H65Cl2SiZr-3. The zero-order valence-electron chi connectivity index (χ0n) is 43.5. The molecule has 0 aliphatic carbocycles. The summed E-state index contributed by atoms with van der Waals surface area (Å²) in [6.07, 6.45) is 0. The van der Waals surface area contributed by atoms with Crippen molar-refractivity contribution in [1.29, 1.82) is 0 Å². The normalized spacial score (nSPS) is 11.8. The van der Waals surface area contributed by atoms with Crippen LogP contribution in [0.1, 0.15) is 103 Å². The molecule has 0 spiro atoms. The first-order valence-electron chi connectivity index (χ1n) is 25.2. The van der Waals surface area contributed by atoms with E-state index in [2.05, 4.69) is 269 Å². The van der Waals surface area contributed by atoms with Crippen molar-refractivity contribution < 1.29 is 20.8 Å². The Hall–Kier alpha value is -5.34. The smallest absolute Gasteiger partial charge is 0.0920 e. The minimum absolute atomic E-state index is 0.140. The van der Waals surface area contributed by atoms with E-state index in [1.54, 1.807) is 0 Å². The third-order valence-electron chi connectivity index (χ3n) is 13.7. The molecule has 0 saturated heterocycles. The Kier molecular flexibility index (Phi) is 17.1. The second-order valence-electron chi connectivity index (χ2n) is 21.4. The zero-order chi connectivity index (χ0) is 51.2. The van der Waals surface area contributed by atoms with Crippen LogP contribution >= 0.6 is 17.0 Å². The van der Waals surface area contributed by atoms with E-state index >= 15 is 0 Å². The summed E-state index contributed by atoms with van der Waals surface area (Å²) >= 11 is -0.826. The standard InChI is InChI=1S/2C28H29.C12H7Si.2ClH.Zr/c2*1-19(2)23-13-9-10-14-25(23)27-24(20-11-7-6-8-12-20)16-15-21-17-22(18-26(21)27)28(3,4)5;1-3-7-11-9(5-1)10-6-2-4-8-12(10)13-11;;;/h2*6-19H,1-5H3;1-7H;2*1H;/q3*-1;;;+2/p-2. The largest absolute Gasteiger partial charge is 0.184 e. The fourth-order valence-corrected chi connectivity index (χ4v) is 11.2. The van der Waals surface area contributed by atoms with Gasteiger partial charge in [-0.3, -0.25) is 0 Å². The van der Waals surface area contributed by atoms with Crippen LogP contribution in [0.15, 0.2) is 200 Å². The molecule has 1 aliphatic heterocycles. The minimum Gasteiger partial charge on any atom is -0.184 e. The molecule has 0 fully saturated rings. The average Bonchev–Trinajstić information content (AvgIpc) is 4.13. The molecule has 1 aliphatic rings. The van der Waals surface area contributed by atoms with Crippen LogP contribution in [0, 0.1) is 6.07 Å². The van der Waals surface area contributed by atoms with Crippen molar-refractivity contribution in [2.45, 2.75) is 91.9 Å². The molecule has 0 nitrogen and oxygen atoms in total. The fraction of sp³-hybridized carbons (Fsp3) is 0.206. The number of hydrogen-bond acceptors (Lipinski definition) is 0. The molecule has 0 atom stereocenters. The topological polar surface area (TPSA) is 0 Å². The molecule has 4 heteroatoms. The van der Waals surface area contributed by atoms with Gasteiger partial charge in [-0.25, -0.2) is 0 Å². The van der Waals surface area contributed by atoms with Crippen molar-refractivity contribution in [1.82, 2.24) is 0 Å². The summed E-state index contributed by atoms with van der Waals surface area (Å²) < 4.78 is 0. The van der Waals surface area contributed by atoms with Crippen LogP contribution in [0.2, 0.25) is 0 Å². The molecule has 0 saturated carbocycles. The maximum Gasteiger partial charge on any atom is 0.0920 e. The summed E-state index contributed by atoms with van der Waals surface area (Å²) in [7, 11) is 10.7. The van der Waals surface area contributed by atoms with Crippen LogP contribution in [0.25, 0.3) is 77.2 Å². The van der Waals surface area contributed by atoms with Gasteiger partial charge in [-0.15, -0.1) is 62.5 Å². The van der Waals surface area contributed by atoms with Crippen LogP contribution in [0.3, 0.4) is 0 Å². The van der Waals surface area contributed by atoms with E-state index in [0.717, 1.165) is 9.52 Å². The van der Waals surface area contributed by atoms with Crippen molar-refractivity contribution >= 4 is 58.5 Å². The predicted molar refractivity (Wildman–Crippen MR) is 314 cm³/mol. The second-order valence-corrected chi connectivity index (χ2v) is 26.4. The van der Waals surface area contributed by atoms with Crippen LogP contribution in [-0.4, -0.2) is 9.52 Å². The summed E-state index contributed by atoms with van der Waals surface area (Å²) in [6.45, 7) is 22.9. The van der Waals surface area contributed by atoms with Gasteiger partial charge in [0.1, 0.15) is 0 Å². The molecule has 11 rings (SSSR count). The van der Waals surface area contributed by atoms with E-state index in [9.17, 15) is 0 Å². The van der Waals surface area contributed by atoms with E-state index in [4.69, 9.17) is 17.0 Å². The van der Waals surface area contributed by atoms with Gasteiger partial charge in [0.05, 0.1) is 9.52 Å². The quantitative estimate of drug-likeness (QED) is 0.115. The maximum atomic E-state index is 4.93. The molecule has 0 unspecified atom stereocenters. The SMILES string of the molecule is CC(C)c1ccccc1-c1c(-c2ccccc2)ccc2[cH-]c(C(C)(C)C)cc12.CC(C)c1ccccc1-c1c(-c2ccccc2)ccc2[cH-]c(C(C)(C)C)cc12.[Cl][Zr][Cl].[c-]1cccc2c1[Si]c1ccccc1-2. The number of hydrogen-bond donors (Lipinski definition) is 0. The summed E-state index contributed by atoms with van der Waals surface area (Å²) in [5.41, 5.74) is 19.3. The molecular weight excluding hydrogens is 1010 g/mol. The van der Waals surface area contributed by atoms with E-state index in [1.165, 1.54) is 110 Å². The number of benzene rings is 8. The Labute approximate surface area is 451 Å². The first-order chi connectivity index (χ1) is 34.6. The number of fused-ring (bicyclic) bond motifs is 5. The van der Waals surface area contributed by atoms with E-state index < -0.39 is 20.8 Å². The van der Waals surface area contributed by atoms with Crippen molar-refractivity contribution in [2.24, 2.45) is 0 Å². The molecule has 10 aromatic carbocycles. The summed E-state index contributed by atoms with van der Waals surface area (Å²) in [6, 6.07) is 76.3. The summed E-state index contributed by atoms with van der Waals surface area (Å²) in [5, 5.41) is 8.21. The Bertz CT molecular complexity index is 3170. The third-order valence-corrected chi connectivity index (χ3v) is 15.1. The van der Waals surface area contributed by atoms with Gasteiger partial charge < -0.3 is 0 Å². The molecule has 10 aromatic rings. The van der Waals surface area contributed by atoms with Gasteiger partial charge in [0.25, 0.3) is 0 Å². The molecule has 0 bridgehead atoms. The van der Waals surface area contributed by atoms with E-state index in [1.807, 2.05) is 6.07 Å². The molecule has 0 amide bonds. The fourth-order valence-electron chi connectivity index (χ4n) is 9.91. The van der Waals surface area contributed by atoms with Crippen LogP contribution in [0.4, 0.5) is 0 Å². The van der Waals surface area contributed by atoms with Gasteiger partial charge in [-0.1, -0.05) is 237 Å². The first kappa shape index (κ1) is 53.0. The minimum atomic E-state index is -0.826. The van der Waals surface area contributed by atoms with Crippen molar-refractivity contribution in [3.8, 4) is 55.6 Å². The third kappa shape index (κ3) is 11.9. The Balaban J connectivity index is 0.000000149. The zero-order valence-corrected chi connectivity index (χ0v) is 48.4. The Morgan fingerprint density at radius 2 is 0.833 bits per heavy atom. The summed E-state index contributed by atoms with van der Waals surface area (Å²) in [4.78, 5) is 0. The van der Waals surface area contributed by atoms with Crippen LogP contribution in [-0.2, 0) is 31.7 Å². The predicted octanol–water partition coefficient (Wildman–Crippen LogP) is 19.1. The van der Waals surface area contributed by atoms with Crippen molar-refractivity contribution in [3.05, 3.63) is 229 Å². The Morgan fingerprint density at radius 3 is 1.26 bits per heavy atom. The monoisotopic (exact) mass is 1070 g/mol. The van der Waals surface area contributed by atoms with Crippen molar-refractivity contribution in [3.63, 3.8) is 0 Å². The second kappa shape index (κ2) is 23.3. The van der Waals surface area contributed by atoms with E-state index in [0.29, 0.717) is 11.8 Å². The Morgan fingerprint density at radius 1 is 0.444 bits per heavy atom. The van der Waals surface area contributed by atoms with Gasteiger partial charge >= 0.3 is 37.9 Å². The van der Waals surface area contributed by atoms with Crippen LogP contribution in [0.5, 0.6) is 0 Å². The maximum absolute atomic E-state index is 4.93. The van der Waals surface area contributed by atoms with Gasteiger partial charge in [0, 0.05) is 0 Å². The summed E-state index contributed by atoms with van der Waals surface area (Å²) in [5.74, 6) is 0.958. The van der Waals surface area contributed by atoms with Crippen molar-refractivity contribution in [2.75, 3.05) is 0 Å². The van der Waals surface area contributed by atoms with Crippen LogP contribution < -0.4 is 10.4 Å². The molecule has 0 N–H and O–H groups in total. The van der Waals surface area contributed by atoms with Gasteiger partial charge in [-0.05, 0) is 67.2 Å². The number of halogens is 2. The van der Waals surface area contributed by atoms with Gasteiger partial charge in [0.2, 0.25) is 0 Å². The molecule has 0 aromatic heterocycles. The van der Waals surface area contributed by atoms with Gasteiger partial charge in [-0.2, -0.15) is 41.6 Å². The molecule has 72 heavy (non-hydrogen) atoms. The molecule has 1 heterocycles.